The van der Waals surface area contributed by atoms with Gasteiger partial charge in [-0.3, -0.25) is 9.69 Å². The van der Waals surface area contributed by atoms with Gasteiger partial charge in [0.05, 0.1) is 0 Å². The van der Waals surface area contributed by atoms with Gasteiger partial charge >= 0.3 is 0 Å². The van der Waals surface area contributed by atoms with Crippen LogP contribution >= 0.6 is 11.6 Å². The van der Waals surface area contributed by atoms with Gasteiger partial charge in [-0.15, -0.1) is 0 Å². The van der Waals surface area contributed by atoms with Crippen LogP contribution in [0.5, 0.6) is 0 Å². The maximum absolute atomic E-state index is 12.1. The third-order valence-corrected chi connectivity index (χ3v) is 3.67. The number of hydrogen-bond donors (Lipinski definition) is 1. The van der Waals surface area contributed by atoms with Crippen LogP contribution in [0.1, 0.15) is 5.56 Å². The summed E-state index contributed by atoms with van der Waals surface area (Å²) in [6.45, 7) is 4.91. The summed E-state index contributed by atoms with van der Waals surface area (Å²) in [5, 5.41) is 0.699. The molecule has 1 amide bonds. The molecule has 0 radical (unpaired) electrons. The smallest absolute Gasteiger partial charge is 0.246 e. The largest absolute Gasteiger partial charge is 0.337 e. The van der Waals surface area contributed by atoms with Crippen LogP contribution in [-0.4, -0.2) is 55.0 Å². The van der Waals surface area contributed by atoms with E-state index in [0.717, 1.165) is 38.3 Å². The summed E-state index contributed by atoms with van der Waals surface area (Å²) >= 11 is 5.82. The molecule has 1 aliphatic heterocycles. The zero-order chi connectivity index (χ0) is 14.4. The number of piperazine rings is 1. The summed E-state index contributed by atoms with van der Waals surface area (Å²) in [7, 11) is 0. The summed E-state index contributed by atoms with van der Waals surface area (Å²) in [6, 6.07) is 7.42. The van der Waals surface area contributed by atoms with Crippen molar-refractivity contribution in [1.82, 2.24) is 9.80 Å². The lowest BCUT2D eigenvalue weighted by atomic mass is 10.2. The molecule has 0 saturated carbocycles. The van der Waals surface area contributed by atoms with Gasteiger partial charge in [-0.1, -0.05) is 23.7 Å². The summed E-state index contributed by atoms with van der Waals surface area (Å²) in [5.74, 6) is 0.0624. The van der Waals surface area contributed by atoms with E-state index >= 15 is 0 Å². The van der Waals surface area contributed by atoms with Crippen molar-refractivity contribution >= 4 is 23.6 Å². The SMILES string of the molecule is NCCN1CCN(C(=O)/C=C/c2ccc(Cl)cc2)CC1. The molecule has 4 nitrogen and oxygen atoms in total. The van der Waals surface area contributed by atoms with Crippen molar-refractivity contribution in [3.05, 3.63) is 40.9 Å². The lowest BCUT2D eigenvalue weighted by Crippen LogP contribution is -2.49. The molecule has 1 saturated heterocycles. The van der Waals surface area contributed by atoms with Crippen LogP contribution in [0.15, 0.2) is 30.3 Å². The Morgan fingerprint density at radius 1 is 1.20 bits per heavy atom. The molecule has 1 aliphatic rings. The van der Waals surface area contributed by atoms with Crippen molar-refractivity contribution in [2.24, 2.45) is 5.73 Å². The Hall–Kier alpha value is -1.36. The van der Waals surface area contributed by atoms with Gasteiger partial charge in [0.1, 0.15) is 0 Å². The minimum absolute atomic E-state index is 0.0624. The molecule has 0 atom stereocenters. The quantitative estimate of drug-likeness (QED) is 0.855. The molecule has 1 heterocycles. The number of rotatable bonds is 4. The fraction of sp³-hybridized carbons (Fsp3) is 0.400. The molecule has 2 rings (SSSR count). The van der Waals surface area contributed by atoms with Gasteiger partial charge in [-0.05, 0) is 23.8 Å². The number of amides is 1. The normalized spacial score (nSPS) is 16.8. The first-order chi connectivity index (χ1) is 9.69. The second-order valence-corrected chi connectivity index (χ2v) is 5.28. The van der Waals surface area contributed by atoms with E-state index in [2.05, 4.69) is 4.90 Å². The van der Waals surface area contributed by atoms with E-state index in [1.807, 2.05) is 35.2 Å². The van der Waals surface area contributed by atoms with Gasteiger partial charge in [0.2, 0.25) is 5.91 Å². The third kappa shape index (κ3) is 4.34. The van der Waals surface area contributed by atoms with Crippen LogP contribution in [0.3, 0.4) is 0 Å². The molecule has 5 heteroatoms. The highest BCUT2D eigenvalue weighted by Crippen LogP contribution is 2.11. The highest BCUT2D eigenvalue weighted by atomic mass is 35.5. The van der Waals surface area contributed by atoms with E-state index in [4.69, 9.17) is 17.3 Å². The second-order valence-electron chi connectivity index (χ2n) is 4.84. The van der Waals surface area contributed by atoms with Crippen LogP contribution in [0, 0.1) is 0 Å². The molecule has 1 aromatic rings. The Morgan fingerprint density at radius 3 is 2.45 bits per heavy atom. The van der Waals surface area contributed by atoms with Crippen molar-refractivity contribution in [3.63, 3.8) is 0 Å². The molecular formula is C15H20ClN3O. The molecule has 0 bridgehead atoms. The molecule has 20 heavy (non-hydrogen) atoms. The predicted octanol–water partition coefficient (Wildman–Crippen LogP) is 1.46. The lowest BCUT2D eigenvalue weighted by Gasteiger charge is -2.33. The molecule has 0 aliphatic carbocycles. The minimum Gasteiger partial charge on any atom is -0.337 e. The van der Waals surface area contributed by atoms with Gasteiger partial charge in [0.25, 0.3) is 0 Å². The predicted molar refractivity (Wildman–Crippen MR) is 82.6 cm³/mol. The number of benzene rings is 1. The van der Waals surface area contributed by atoms with Crippen molar-refractivity contribution in [2.75, 3.05) is 39.3 Å². The molecule has 108 valence electrons. The fourth-order valence-electron chi connectivity index (χ4n) is 2.22. The number of halogens is 1. The molecule has 0 aromatic heterocycles. The highest BCUT2D eigenvalue weighted by molar-refractivity contribution is 6.30. The van der Waals surface area contributed by atoms with Crippen LogP contribution in [0.25, 0.3) is 6.08 Å². The Morgan fingerprint density at radius 2 is 1.85 bits per heavy atom. The minimum atomic E-state index is 0.0624. The van der Waals surface area contributed by atoms with E-state index in [9.17, 15) is 4.79 Å². The maximum atomic E-state index is 12.1. The monoisotopic (exact) mass is 293 g/mol. The second kappa shape index (κ2) is 7.43. The summed E-state index contributed by atoms with van der Waals surface area (Å²) in [4.78, 5) is 16.2. The Balaban J connectivity index is 1.85. The average Bonchev–Trinajstić information content (AvgIpc) is 2.47. The van der Waals surface area contributed by atoms with E-state index in [0.29, 0.717) is 11.6 Å². The van der Waals surface area contributed by atoms with E-state index in [1.54, 1.807) is 6.08 Å². The van der Waals surface area contributed by atoms with Gasteiger partial charge in [0.15, 0.2) is 0 Å². The van der Waals surface area contributed by atoms with Crippen molar-refractivity contribution < 1.29 is 4.79 Å². The molecule has 2 N–H and O–H groups in total. The molecule has 1 fully saturated rings. The third-order valence-electron chi connectivity index (χ3n) is 3.42. The fourth-order valence-corrected chi connectivity index (χ4v) is 2.35. The van der Waals surface area contributed by atoms with Crippen molar-refractivity contribution in [2.45, 2.75) is 0 Å². The molecular weight excluding hydrogens is 274 g/mol. The lowest BCUT2D eigenvalue weighted by molar-refractivity contribution is -0.127. The number of carbonyl (C=O) groups excluding carboxylic acids is 1. The van der Waals surface area contributed by atoms with Gasteiger partial charge in [-0.25, -0.2) is 0 Å². The maximum Gasteiger partial charge on any atom is 0.246 e. The molecule has 0 unspecified atom stereocenters. The van der Waals surface area contributed by atoms with Gasteiger partial charge in [-0.2, -0.15) is 0 Å². The van der Waals surface area contributed by atoms with Crippen LogP contribution in [-0.2, 0) is 4.79 Å². The number of nitrogens with two attached hydrogens (primary N) is 1. The van der Waals surface area contributed by atoms with E-state index in [-0.39, 0.29) is 5.91 Å². The van der Waals surface area contributed by atoms with Crippen LogP contribution in [0.4, 0.5) is 0 Å². The Labute approximate surface area is 124 Å². The zero-order valence-corrected chi connectivity index (χ0v) is 12.2. The van der Waals surface area contributed by atoms with Crippen molar-refractivity contribution in [3.8, 4) is 0 Å². The summed E-state index contributed by atoms with van der Waals surface area (Å²) in [5.41, 5.74) is 6.51. The zero-order valence-electron chi connectivity index (χ0n) is 11.5. The van der Waals surface area contributed by atoms with Gasteiger partial charge in [0, 0.05) is 50.4 Å². The summed E-state index contributed by atoms with van der Waals surface area (Å²) < 4.78 is 0. The standard InChI is InChI=1S/C15H20ClN3O/c16-14-4-1-13(2-5-14)3-6-15(20)19-11-9-18(8-7-17)10-12-19/h1-6H,7-12,17H2/b6-3+. The molecule has 0 spiro atoms. The highest BCUT2D eigenvalue weighted by Gasteiger charge is 2.18. The van der Waals surface area contributed by atoms with E-state index < -0.39 is 0 Å². The number of carbonyl (C=O) groups is 1. The number of nitrogens with zero attached hydrogens (tertiary/aromatic N) is 2. The van der Waals surface area contributed by atoms with Crippen LogP contribution in [0.2, 0.25) is 5.02 Å². The Kier molecular flexibility index (Phi) is 5.59. The first-order valence-electron chi connectivity index (χ1n) is 6.84. The van der Waals surface area contributed by atoms with Crippen molar-refractivity contribution in [1.29, 1.82) is 0 Å². The Bertz CT molecular complexity index is 465. The average molecular weight is 294 g/mol. The van der Waals surface area contributed by atoms with Crippen LogP contribution < -0.4 is 5.73 Å². The van der Waals surface area contributed by atoms with Gasteiger partial charge < -0.3 is 10.6 Å². The topological polar surface area (TPSA) is 49.6 Å². The number of hydrogen-bond acceptors (Lipinski definition) is 3. The first kappa shape index (κ1) is 15.0. The van der Waals surface area contributed by atoms with E-state index in [1.165, 1.54) is 0 Å². The summed E-state index contributed by atoms with van der Waals surface area (Å²) in [6.07, 6.45) is 3.45. The first-order valence-corrected chi connectivity index (χ1v) is 7.22. The molecule has 1 aromatic carbocycles.